The molecule has 4 nitrogen and oxygen atoms in total. The van der Waals surface area contributed by atoms with E-state index in [9.17, 15) is 8.78 Å². The van der Waals surface area contributed by atoms with Gasteiger partial charge in [0.25, 0.3) is 5.88 Å². The van der Waals surface area contributed by atoms with Crippen molar-refractivity contribution in [1.82, 2.24) is 9.97 Å². The van der Waals surface area contributed by atoms with Crippen LogP contribution in [-0.2, 0) is 6.54 Å². The van der Waals surface area contributed by atoms with Gasteiger partial charge in [0.2, 0.25) is 5.82 Å². The van der Waals surface area contributed by atoms with Crippen LogP contribution in [0.3, 0.4) is 0 Å². The summed E-state index contributed by atoms with van der Waals surface area (Å²) in [6.07, 6.45) is 1.15. The first-order valence-electron chi connectivity index (χ1n) is 5.25. The van der Waals surface area contributed by atoms with E-state index in [1.54, 1.807) is 6.07 Å². The summed E-state index contributed by atoms with van der Waals surface area (Å²) in [6.45, 7) is 1.69. The van der Waals surface area contributed by atoms with Gasteiger partial charge in [0.05, 0.1) is 5.69 Å². The molecule has 0 amide bonds. The third-order valence-corrected chi connectivity index (χ3v) is 2.37. The third kappa shape index (κ3) is 2.43. The van der Waals surface area contributed by atoms with Crippen LogP contribution < -0.4 is 10.5 Å². The Labute approximate surface area is 102 Å². The standard InChI is InChI=1S/C12H11F2N3O/c1-7-11(14)12(17-6-16-7)18-10-3-2-8(5-15)4-9(10)13/h2-4,6H,5,15H2,1H3. The van der Waals surface area contributed by atoms with Gasteiger partial charge in [-0.05, 0) is 24.6 Å². The molecule has 0 unspecified atom stereocenters. The summed E-state index contributed by atoms with van der Waals surface area (Å²) in [5.41, 5.74) is 6.14. The summed E-state index contributed by atoms with van der Waals surface area (Å²) < 4.78 is 32.3. The maximum atomic E-state index is 13.6. The molecule has 2 aromatic rings. The van der Waals surface area contributed by atoms with Gasteiger partial charge in [0.1, 0.15) is 6.33 Å². The molecule has 1 heterocycles. The predicted octanol–water partition coefficient (Wildman–Crippen LogP) is 2.31. The highest BCUT2D eigenvalue weighted by atomic mass is 19.1. The molecule has 0 saturated carbocycles. The van der Waals surface area contributed by atoms with E-state index < -0.39 is 11.6 Å². The van der Waals surface area contributed by atoms with Crippen molar-refractivity contribution in [1.29, 1.82) is 0 Å². The molecule has 18 heavy (non-hydrogen) atoms. The normalized spacial score (nSPS) is 10.4. The number of rotatable bonds is 3. The van der Waals surface area contributed by atoms with E-state index in [0.717, 1.165) is 6.33 Å². The number of nitrogens with zero attached hydrogens (tertiary/aromatic N) is 2. The van der Waals surface area contributed by atoms with Gasteiger partial charge >= 0.3 is 0 Å². The molecule has 1 aromatic heterocycles. The molecule has 0 aliphatic rings. The fraction of sp³-hybridized carbons (Fsp3) is 0.167. The lowest BCUT2D eigenvalue weighted by Crippen LogP contribution is -2.00. The summed E-state index contributed by atoms with van der Waals surface area (Å²) in [4.78, 5) is 7.27. The SMILES string of the molecule is Cc1ncnc(Oc2ccc(CN)cc2F)c1F. The number of benzene rings is 1. The van der Waals surface area contributed by atoms with Crippen molar-refractivity contribution in [3.8, 4) is 11.6 Å². The maximum Gasteiger partial charge on any atom is 0.259 e. The summed E-state index contributed by atoms with van der Waals surface area (Å²) in [5.74, 6) is -1.74. The van der Waals surface area contributed by atoms with Crippen molar-refractivity contribution in [2.75, 3.05) is 0 Å². The van der Waals surface area contributed by atoms with Gasteiger partial charge in [-0.3, -0.25) is 0 Å². The van der Waals surface area contributed by atoms with Crippen LogP contribution in [0.1, 0.15) is 11.3 Å². The smallest absolute Gasteiger partial charge is 0.259 e. The minimum absolute atomic E-state index is 0.107. The number of aromatic nitrogens is 2. The van der Waals surface area contributed by atoms with Crippen molar-refractivity contribution in [3.05, 3.63) is 47.4 Å². The molecule has 0 aliphatic carbocycles. The molecule has 0 radical (unpaired) electrons. The van der Waals surface area contributed by atoms with E-state index in [4.69, 9.17) is 10.5 Å². The zero-order valence-corrected chi connectivity index (χ0v) is 9.65. The molecule has 0 bridgehead atoms. The van der Waals surface area contributed by atoms with Gasteiger partial charge in [-0.15, -0.1) is 0 Å². The van der Waals surface area contributed by atoms with E-state index in [1.807, 2.05) is 0 Å². The monoisotopic (exact) mass is 251 g/mol. The second kappa shape index (κ2) is 5.05. The van der Waals surface area contributed by atoms with Crippen molar-refractivity contribution >= 4 is 0 Å². The molecule has 6 heteroatoms. The lowest BCUT2D eigenvalue weighted by atomic mass is 10.2. The average Bonchev–Trinajstić information content (AvgIpc) is 2.37. The Balaban J connectivity index is 2.31. The Bertz CT molecular complexity index is 575. The van der Waals surface area contributed by atoms with E-state index in [2.05, 4.69) is 9.97 Å². The molecule has 0 aliphatic heterocycles. The molecule has 0 fully saturated rings. The maximum absolute atomic E-state index is 13.6. The van der Waals surface area contributed by atoms with Crippen molar-refractivity contribution in [2.45, 2.75) is 13.5 Å². The van der Waals surface area contributed by atoms with Gasteiger partial charge in [-0.2, -0.15) is 9.37 Å². The van der Waals surface area contributed by atoms with Gasteiger partial charge in [-0.25, -0.2) is 9.37 Å². The summed E-state index contributed by atoms with van der Waals surface area (Å²) >= 11 is 0. The molecule has 2 N–H and O–H groups in total. The van der Waals surface area contributed by atoms with Gasteiger partial charge in [-0.1, -0.05) is 6.07 Å². The molecule has 0 atom stereocenters. The quantitative estimate of drug-likeness (QED) is 0.909. The lowest BCUT2D eigenvalue weighted by Gasteiger charge is -2.08. The first-order valence-corrected chi connectivity index (χ1v) is 5.25. The molecule has 0 saturated heterocycles. The number of hydrogen-bond acceptors (Lipinski definition) is 4. The molecular weight excluding hydrogens is 240 g/mol. The Hall–Kier alpha value is -2.08. The minimum atomic E-state index is -0.709. The molecule has 1 aromatic carbocycles. The largest absolute Gasteiger partial charge is 0.433 e. The van der Waals surface area contributed by atoms with Gasteiger partial charge in [0.15, 0.2) is 11.6 Å². The number of halogens is 2. The minimum Gasteiger partial charge on any atom is -0.433 e. The Morgan fingerprint density at radius 3 is 2.72 bits per heavy atom. The summed E-state index contributed by atoms with van der Waals surface area (Å²) in [7, 11) is 0. The molecule has 0 spiro atoms. The summed E-state index contributed by atoms with van der Waals surface area (Å²) in [5, 5.41) is 0. The Kier molecular flexibility index (Phi) is 3.47. The highest BCUT2D eigenvalue weighted by molar-refractivity contribution is 5.32. The second-order valence-electron chi connectivity index (χ2n) is 3.65. The van der Waals surface area contributed by atoms with Crippen LogP contribution in [0.25, 0.3) is 0 Å². The van der Waals surface area contributed by atoms with Crippen LogP contribution in [0.4, 0.5) is 8.78 Å². The topological polar surface area (TPSA) is 61.0 Å². The third-order valence-electron chi connectivity index (χ3n) is 2.37. The van der Waals surface area contributed by atoms with Crippen LogP contribution in [0.15, 0.2) is 24.5 Å². The van der Waals surface area contributed by atoms with Crippen molar-refractivity contribution < 1.29 is 13.5 Å². The lowest BCUT2D eigenvalue weighted by molar-refractivity contribution is 0.393. The van der Waals surface area contributed by atoms with Crippen molar-refractivity contribution in [3.63, 3.8) is 0 Å². The zero-order chi connectivity index (χ0) is 13.1. The first kappa shape index (κ1) is 12.4. The molecule has 94 valence electrons. The fourth-order valence-electron chi connectivity index (χ4n) is 1.37. The number of hydrogen-bond donors (Lipinski definition) is 1. The number of ether oxygens (including phenoxy) is 1. The Morgan fingerprint density at radius 1 is 1.28 bits per heavy atom. The summed E-state index contributed by atoms with van der Waals surface area (Å²) in [6, 6.07) is 4.22. The second-order valence-corrected chi connectivity index (χ2v) is 3.65. The van der Waals surface area contributed by atoms with Gasteiger partial charge in [0, 0.05) is 6.54 Å². The Morgan fingerprint density at radius 2 is 2.06 bits per heavy atom. The van der Waals surface area contributed by atoms with Crippen LogP contribution in [0.5, 0.6) is 11.6 Å². The predicted molar refractivity (Wildman–Crippen MR) is 61.1 cm³/mol. The molecule has 2 rings (SSSR count). The zero-order valence-electron chi connectivity index (χ0n) is 9.65. The van der Waals surface area contributed by atoms with E-state index >= 15 is 0 Å². The van der Waals surface area contributed by atoms with Crippen LogP contribution >= 0.6 is 0 Å². The van der Waals surface area contributed by atoms with Crippen LogP contribution in [0.2, 0.25) is 0 Å². The number of nitrogens with two attached hydrogens (primary N) is 1. The fourth-order valence-corrected chi connectivity index (χ4v) is 1.37. The number of aryl methyl sites for hydroxylation is 1. The van der Waals surface area contributed by atoms with Gasteiger partial charge < -0.3 is 10.5 Å². The van der Waals surface area contributed by atoms with Crippen LogP contribution in [-0.4, -0.2) is 9.97 Å². The average molecular weight is 251 g/mol. The van der Waals surface area contributed by atoms with E-state index in [0.29, 0.717) is 5.56 Å². The van der Waals surface area contributed by atoms with E-state index in [-0.39, 0.29) is 23.9 Å². The first-order chi connectivity index (χ1) is 8.61. The van der Waals surface area contributed by atoms with Crippen molar-refractivity contribution in [2.24, 2.45) is 5.73 Å². The highest BCUT2D eigenvalue weighted by Gasteiger charge is 2.12. The van der Waals surface area contributed by atoms with Crippen LogP contribution in [0, 0.1) is 18.6 Å². The highest BCUT2D eigenvalue weighted by Crippen LogP contribution is 2.26. The van der Waals surface area contributed by atoms with E-state index in [1.165, 1.54) is 19.1 Å². The molecular formula is C12H11F2N3O.